The molecule has 0 fully saturated rings. The maximum absolute atomic E-state index is 11.8. The first-order valence-corrected chi connectivity index (χ1v) is 8.02. The van der Waals surface area contributed by atoms with Gasteiger partial charge in [-0.3, -0.25) is 9.59 Å². The van der Waals surface area contributed by atoms with Crippen LogP contribution in [0.15, 0.2) is 48.5 Å². The van der Waals surface area contributed by atoms with Gasteiger partial charge in [0.25, 0.3) is 0 Å². The molecule has 142 valence electrons. The molecule has 0 saturated heterocycles. The van der Waals surface area contributed by atoms with E-state index in [9.17, 15) is 14.4 Å². The Labute approximate surface area is 155 Å². The van der Waals surface area contributed by atoms with Gasteiger partial charge in [0.15, 0.2) is 5.92 Å². The maximum Gasteiger partial charge on any atom is 0.412 e. The number of rotatable bonds is 8. The summed E-state index contributed by atoms with van der Waals surface area (Å²) in [4.78, 5) is 33.7. The van der Waals surface area contributed by atoms with Crippen molar-refractivity contribution in [2.45, 2.75) is 13.0 Å². The first-order valence-electron chi connectivity index (χ1n) is 8.02. The summed E-state index contributed by atoms with van der Waals surface area (Å²) in [5.74, 6) is -3.35. The number of carboxylic acid groups (broad SMARTS) is 2. The molecule has 2 aromatic carbocycles. The van der Waals surface area contributed by atoms with E-state index in [1.54, 1.807) is 19.2 Å². The van der Waals surface area contributed by atoms with Crippen molar-refractivity contribution in [3.8, 4) is 11.5 Å². The number of aliphatic carboxylic acids is 2. The van der Waals surface area contributed by atoms with E-state index in [1.807, 2.05) is 12.1 Å². The van der Waals surface area contributed by atoms with E-state index < -0.39 is 23.9 Å². The molecular weight excluding hydrogens is 354 g/mol. The van der Waals surface area contributed by atoms with Gasteiger partial charge in [0.05, 0.1) is 7.11 Å². The number of nitrogens with one attached hydrogen (secondary N) is 1. The zero-order valence-electron chi connectivity index (χ0n) is 14.5. The molecule has 0 bridgehead atoms. The van der Waals surface area contributed by atoms with Crippen molar-refractivity contribution in [1.29, 1.82) is 0 Å². The predicted octanol–water partition coefficient (Wildman–Crippen LogP) is 2.31. The van der Waals surface area contributed by atoms with Crippen LogP contribution in [-0.2, 0) is 22.6 Å². The fraction of sp³-hybridized carbons (Fsp3) is 0.211. The van der Waals surface area contributed by atoms with E-state index in [4.69, 9.17) is 19.7 Å². The number of hydrogen-bond donors (Lipinski definition) is 3. The smallest absolute Gasteiger partial charge is 0.412 e. The molecule has 0 aliphatic carbocycles. The summed E-state index contributed by atoms with van der Waals surface area (Å²) < 4.78 is 10.2. The van der Waals surface area contributed by atoms with Crippen molar-refractivity contribution in [2.24, 2.45) is 5.92 Å². The summed E-state index contributed by atoms with van der Waals surface area (Å²) in [6.45, 7) is 0.278. The fourth-order valence-corrected chi connectivity index (χ4v) is 2.27. The number of carbonyl (C=O) groups excluding carboxylic acids is 1. The molecule has 8 nitrogen and oxygen atoms in total. The molecular formula is C19H19NO7. The quantitative estimate of drug-likeness (QED) is 0.607. The minimum atomic E-state index is -1.52. The van der Waals surface area contributed by atoms with Gasteiger partial charge in [0, 0.05) is 6.54 Å². The molecule has 1 amide bonds. The van der Waals surface area contributed by atoms with Gasteiger partial charge in [-0.25, -0.2) is 4.79 Å². The van der Waals surface area contributed by atoms with Crippen molar-refractivity contribution >= 4 is 18.0 Å². The molecule has 8 heteroatoms. The summed E-state index contributed by atoms with van der Waals surface area (Å²) in [6.07, 6.45) is -0.804. The van der Waals surface area contributed by atoms with E-state index in [2.05, 4.69) is 5.32 Å². The summed E-state index contributed by atoms with van der Waals surface area (Å²) in [5.41, 5.74) is 1.38. The van der Waals surface area contributed by atoms with Crippen LogP contribution >= 0.6 is 0 Å². The monoisotopic (exact) mass is 373 g/mol. The lowest BCUT2D eigenvalue weighted by atomic mass is 10.00. The van der Waals surface area contributed by atoms with Crippen LogP contribution in [0.1, 0.15) is 11.1 Å². The van der Waals surface area contributed by atoms with Gasteiger partial charge in [0.2, 0.25) is 0 Å². The van der Waals surface area contributed by atoms with Crippen LogP contribution in [0.4, 0.5) is 4.79 Å². The number of benzene rings is 2. The summed E-state index contributed by atoms with van der Waals surface area (Å²) in [7, 11) is 1.57. The molecule has 3 N–H and O–H groups in total. The Hall–Kier alpha value is -3.55. The highest BCUT2D eigenvalue weighted by molar-refractivity contribution is 5.93. The zero-order valence-corrected chi connectivity index (χ0v) is 14.5. The van der Waals surface area contributed by atoms with Gasteiger partial charge in [-0.05, 0) is 41.8 Å². The highest BCUT2D eigenvalue weighted by atomic mass is 16.6. The number of methoxy groups -OCH3 is 1. The normalized spacial score (nSPS) is 10.3. The lowest BCUT2D eigenvalue weighted by Crippen LogP contribution is -2.26. The van der Waals surface area contributed by atoms with Gasteiger partial charge in [-0.15, -0.1) is 0 Å². The Kier molecular flexibility index (Phi) is 6.76. The van der Waals surface area contributed by atoms with Crippen LogP contribution in [0.2, 0.25) is 0 Å². The highest BCUT2D eigenvalue weighted by Crippen LogP contribution is 2.16. The minimum Gasteiger partial charge on any atom is -0.497 e. The van der Waals surface area contributed by atoms with E-state index in [0.717, 1.165) is 11.3 Å². The Balaban J connectivity index is 1.86. The predicted molar refractivity (Wildman–Crippen MR) is 94.8 cm³/mol. The average Bonchev–Trinajstić information content (AvgIpc) is 2.65. The van der Waals surface area contributed by atoms with Crippen molar-refractivity contribution in [1.82, 2.24) is 5.32 Å². The van der Waals surface area contributed by atoms with Gasteiger partial charge >= 0.3 is 18.0 Å². The summed E-state index contributed by atoms with van der Waals surface area (Å²) in [5, 5.41) is 20.4. The van der Waals surface area contributed by atoms with E-state index >= 15 is 0 Å². The summed E-state index contributed by atoms with van der Waals surface area (Å²) >= 11 is 0. The highest BCUT2D eigenvalue weighted by Gasteiger charge is 2.25. The molecule has 27 heavy (non-hydrogen) atoms. The Bertz CT molecular complexity index is 786. The Morgan fingerprint density at radius 3 is 1.93 bits per heavy atom. The van der Waals surface area contributed by atoms with Gasteiger partial charge in [-0.2, -0.15) is 0 Å². The molecule has 0 heterocycles. The lowest BCUT2D eigenvalue weighted by Gasteiger charge is -2.09. The molecule has 0 spiro atoms. The van der Waals surface area contributed by atoms with Gasteiger partial charge in [-0.1, -0.05) is 24.3 Å². The SMILES string of the molecule is COc1ccc(CNC(=O)Oc2ccc(CC(C(=O)O)C(=O)O)cc2)cc1. The van der Waals surface area contributed by atoms with Crippen LogP contribution in [0, 0.1) is 5.92 Å². The zero-order chi connectivity index (χ0) is 19.8. The number of hydrogen-bond acceptors (Lipinski definition) is 5. The second-order valence-corrected chi connectivity index (χ2v) is 5.67. The summed E-state index contributed by atoms with van der Waals surface area (Å²) in [6, 6.07) is 13.2. The van der Waals surface area contributed by atoms with Crippen LogP contribution in [0.5, 0.6) is 11.5 Å². The number of amides is 1. The molecule has 0 aliphatic heterocycles. The Morgan fingerprint density at radius 1 is 0.889 bits per heavy atom. The molecule has 2 rings (SSSR count). The molecule has 0 radical (unpaired) electrons. The molecule has 0 aromatic heterocycles. The van der Waals surface area contributed by atoms with E-state index in [-0.39, 0.29) is 18.7 Å². The van der Waals surface area contributed by atoms with Gasteiger partial charge < -0.3 is 25.0 Å². The van der Waals surface area contributed by atoms with E-state index in [0.29, 0.717) is 5.56 Å². The topological polar surface area (TPSA) is 122 Å². The third-order valence-electron chi connectivity index (χ3n) is 3.77. The fourth-order valence-electron chi connectivity index (χ4n) is 2.27. The van der Waals surface area contributed by atoms with Crippen LogP contribution in [0.3, 0.4) is 0 Å². The first-order chi connectivity index (χ1) is 12.9. The van der Waals surface area contributed by atoms with Crippen molar-refractivity contribution in [2.75, 3.05) is 7.11 Å². The standard InChI is InChI=1S/C19H19NO7/c1-26-14-6-4-13(5-7-14)11-20-19(25)27-15-8-2-12(3-9-15)10-16(17(21)22)18(23)24/h2-9,16H,10-11H2,1H3,(H,20,25)(H,21,22)(H,23,24). The third kappa shape index (κ3) is 6.03. The second-order valence-electron chi connectivity index (χ2n) is 5.67. The van der Waals surface area contributed by atoms with Crippen LogP contribution < -0.4 is 14.8 Å². The number of ether oxygens (including phenoxy) is 2. The molecule has 0 saturated carbocycles. The van der Waals surface area contributed by atoms with Crippen molar-refractivity contribution in [3.05, 3.63) is 59.7 Å². The van der Waals surface area contributed by atoms with Gasteiger partial charge in [0.1, 0.15) is 11.5 Å². The molecule has 0 aliphatic rings. The van der Waals surface area contributed by atoms with Crippen LogP contribution in [0.25, 0.3) is 0 Å². The average molecular weight is 373 g/mol. The molecule has 2 aromatic rings. The van der Waals surface area contributed by atoms with Crippen LogP contribution in [-0.4, -0.2) is 35.4 Å². The number of carboxylic acids is 2. The minimum absolute atomic E-state index is 0.158. The third-order valence-corrected chi connectivity index (χ3v) is 3.77. The molecule has 0 unspecified atom stereocenters. The largest absolute Gasteiger partial charge is 0.497 e. The molecule has 0 atom stereocenters. The first kappa shape index (κ1) is 19.8. The van der Waals surface area contributed by atoms with Crippen molar-refractivity contribution < 1.29 is 34.1 Å². The Morgan fingerprint density at radius 2 is 1.41 bits per heavy atom. The second kappa shape index (κ2) is 9.23. The van der Waals surface area contributed by atoms with Crippen molar-refractivity contribution in [3.63, 3.8) is 0 Å². The lowest BCUT2D eigenvalue weighted by molar-refractivity contribution is -0.154. The maximum atomic E-state index is 11.8. The number of carbonyl (C=O) groups is 3. The van der Waals surface area contributed by atoms with E-state index in [1.165, 1.54) is 24.3 Å².